The second-order valence-electron chi connectivity index (χ2n) is 7.36. The number of hydrogen-bond donors (Lipinski definition) is 0. The molecule has 0 bridgehead atoms. The van der Waals surface area contributed by atoms with Gasteiger partial charge in [-0.25, -0.2) is 13.2 Å². The maximum Gasteiger partial charge on any atom is 0.330 e. The predicted octanol–water partition coefficient (Wildman–Crippen LogP) is 2.06. The molecule has 1 saturated carbocycles. The number of methoxy groups -OCH3 is 1. The number of benzene rings is 1. The molecule has 3 rings (SSSR count). The van der Waals surface area contributed by atoms with Gasteiger partial charge < -0.3 is 9.47 Å². The Morgan fingerprint density at radius 2 is 1.96 bits per heavy atom. The van der Waals surface area contributed by atoms with Gasteiger partial charge in [0.25, 0.3) is 0 Å². The van der Waals surface area contributed by atoms with E-state index in [0.29, 0.717) is 6.42 Å². The number of esters is 2. The van der Waals surface area contributed by atoms with Crippen LogP contribution < -0.4 is 0 Å². The van der Waals surface area contributed by atoms with Crippen LogP contribution in [0.5, 0.6) is 0 Å². The zero-order valence-corrected chi connectivity index (χ0v) is 17.1. The molecular formula is C20H25NO6S. The van der Waals surface area contributed by atoms with E-state index in [1.165, 1.54) is 17.5 Å². The largest absolute Gasteiger partial charge is 0.468 e. The third kappa shape index (κ3) is 3.84. The number of carbonyl (C=O) groups excluding carboxylic acids is 2. The first kappa shape index (κ1) is 20.5. The molecule has 0 amide bonds. The third-order valence-electron chi connectivity index (χ3n) is 5.52. The van der Waals surface area contributed by atoms with Crippen LogP contribution in [0.3, 0.4) is 0 Å². The summed E-state index contributed by atoms with van der Waals surface area (Å²) in [7, 11) is -2.64. The second kappa shape index (κ2) is 7.67. The Morgan fingerprint density at radius 1 is 1.29 bits per heavy atom. The number of carbonyl (C=O) groups is 2. The third-order valence-corrected chi connectivity index (χ3v) is 7.39. The van der Waals surface area contributed by atoms with Crippen molar-refractivity contribution in [1.29, 1.82) is 0 Å². The molecule has 1 aromatic carbocycles. The van der Waals surface area contributed by atoms with Crippen LogP contribution in [0.1, 0.15) is 25.3 Å². The molecular weight excluding hydrogens is 382 g/mol. The fourth-order valence-electron chi connectivity index (χ4n) is 3.83. The molecule has 1 aliphatic carbocycles. The van der Waals surface area contributed by atoms with E-state index in [2.05, 4.69) is 0 Å². The Bertz CT molecular complexity index is 892. The van der Waals surface area contributed by atoms with Crippen LogP contribution in [-0.4, -0.2) is 51.0 Å². The van der Waals surface area contributed by atoms with Crippen LogP contribution in [0.15, 0.2) is 41.3 Å². The molecule has 0 radical (unpaired) electrons. The van der Waals surface area contributed by atoms with Crippen molar-refractivity contribution in [1.82, 2.24) is 4.31 Å². The topological polar surface area (TPSA) is 90.0 Å². The van der Waals surface area contributed by atoms with Crippen molar-refractivity contribution in [3.63, 3.8) is 0 Å². The minimum Gasteiger partial charge on any atom is -0.468 e. The summed E-state index contributed by atoms with van der Waals surface area (Å²) >= 11 is 0. The highest BCUT2D eigenvalue weighted by atomic mass is 32.2. The van der Waals surface area contributed by atoms with Gasteiger partial charge >= 0.3 is 11.9 Å². The highest BCUT2D eigenvalue weighted by Gasteiger charge is 2.61. The summed E-state index contributed by atoms with van der Waals surface area (Å²) in [5, 5.41) is 0. The van der Waals surface area contributed by atoms with Gasteiger partial charge in [0.15, 0.2) is 0 Å². The van der Waals surface area contributed by atoms with E-state index in [1.54, 1.807) is 37.3 Å². The van der Waals surface area contributed by atoms with Gasteiger partial charge in [0.1, 0.15) is 6.04 Å². The number of piperidine rings is 1. The van der Waals surface area contributed by atoms with Crippen LogP contribution in [-0.2, 0) is 29.1 Å². The molecule has 1 aromatic rings. The first-order valence-corrected chi connectivity index (χ1v) is 10.7. The lowest BCUT2D eigenvalue weighted by Gasteiger charge is -2.36. The fraction of sp³-hybridized carbons (Fsp3) is 0.500. The van der Waals surface area contributed by atoms with Crippen molar-refractivity contribution in [3.8, 4) is 0 Å². The number of fused-ring (bicyclic) bond motifs is 1. The van der Waals surface area contributed by atoms with Gasteiger partial charge in [0.2, 0.25) is 10.0 Å². The Morgan fingerprint density at radius 3 is 2.57 bits per heavy atom. The van der Waals surface area contributed by atoms with Crippen molar-refractivity contribution < 1.29 is 27.5 Å². The maximum atomic E-state index is 13.3. The van der Waals surface area contributed by atoms with Crippen LogP contribution in [0.25, 0.3) is 0 Å². The first-order chi connectivity index (χ1) is 13.2. The van der Waals surface area contributed by atoms with E-state index in [4.69, 9.17) is 9.47 Å². The number of hydrogen-bond acceptors (Lipinski definition) is 6. The van der Waals surface area contributed by atoms with Crippen molar-refractivity contribution in [2.75, 3.05) is 20.3 Å². The molecule has 2 fully saturated rings. The molecule has 0 N–H and O–H groups in total. The van der Waals surface area contributed by atoms with Gasteiger partial charge in [-0.15, -0.1) is 0 Å². The molecule has 1 heterocycles. The van der Waals surface area contributed by atoms with Gasteiger partial charge in [0.05, 0.1) is 18.6 Å². The van der Waals surface area contributed by atoms with Gasteiger partial charge in [-0.1, -0.05) is 23.8 Å². The Kier molecular flexibility index (Phi) is 5.63. The summed E-state index contributed by atoms with van der Waals surface area (Å²) in [6.45, 7) is 4.00. The SMILES string of the molecule is CCOC(=O)/C=C/[C@]12C[C@H]1C[C@@H](C(=O)OC)N(S(=O)(=O)c1ccc(C)cc1)C2. The number of nitrogens with zero attached hydrogens (tertiary/aromatic N) is 1. The van der Waals surface area contributed by atoms with Crippen molar-refractivity contribution in [3.05, 3.63) is 42.0 Å². The monoisotopic (exact) mass is 407 g/mol. The van der Waals surface area contributed by atoms with Crippen LogP contribution >= 0.6 is 0 Å². The van der Waals surface area contributed by atoms with E-state index >= 15 is 0 Å². The molecule has 3 atom stereocenters. The average molecular weight is 407 g/mol. The fourth-order valence-corrected chi connectivity index (χ4v) is 5.50. The minimum absolute atomic E-state index is 0.129. The number of aryl methyl sites for hydroxylation is 1. The molecule has 7 nitrogen and oxygen atoms in total. The molecule has 0 unspecified atom stereocenters. The highest BCUT2D eigenvalue weighted by Crippen LogP contribution is 2.60. The highest BCUT2D eigenvalue weighted by molar-refractivity contribution is 7.89. The smallest absolute Gasteiger partial charge is 0.330 e. The van der Waals surface area contributed by atoms with Crippen LogP contribution in [0.4, 0.5) is 0 Å². The first-order valence-electron chi connectivity index (χ1n) is 9.26. The molecule has 0 aromatic heterocycles. The van der Waals surface area contributed by atoms with E-state index in [-0.39, 0.29) is 24.0 Å². The average Bonchev–Trinajstić information content (AvgIpc) is 3.39. The summed E-state index contributed by atoms with van der Waals surface area (Å²) < 4.78 is 37.6. The Hall–Kier alpha value is -2.19. The molecule has 152 valence electrons. The molecule has 1 aliphatic heterocycles. The van der Waals surface area contributed by atoms with Crippen LogP contribution in [0.2, 0.25) is 0 Å². The Balaban J connectivity index is 1.92. The second-order valence-corrected chi connectivity index (χ2v) is 9.25. The summed E-state index contributed by atoms with van der Waals surface area (Å²) in [6.07, 6.45) is 4.18. The molecule has 2 aliphatic rings. The molecule has 8 heteroatoms. The van der Waals surface area contributed by atoms with Crippen molar-refractivity contribution in [2.45, 2.75) is 37.6 Å². The van der Waals surface area contributed by atoms with Gasteiger partial charge in [-0.2, -0.15) is 4.31 Å². The van der Waals surface area contributed by atoms with E-state index in [1.807, 2.05) is 6.92 Å². The molecule has 0 spiro atoms. The zero-order valence-electron chi connectivity index (χ0n) is 16.3. The van der Waals surface area contributed by atoms with E-state index < -0.39 is 33.4 Å². The van der Waals surface area contributed by atoms with Crippen molar-refractivity contribution in [2.24, 2.45) is 11.3 Å². The zero-order chi connectivity index (χ0) is 20.5. The van der Waals surface area contributed by atoms with E-state index in [0.717, 1.165) is 12.0 Å². The van der Waals surface area contributed by atoms with Gasteiger partial charge in [-0.3, -0.25) is 4.79 Å². The quantitative estimate of drug-likeness (QED) is 0.530. The summed E-state index contributed by atoms with van der Waals surface area (Å²) in [5.41, 5.74) is 0.493. The number of rotatable bonds is 6. The minimum atomic E-state index is -3.89. The van der Waals surface area contributed by atoms with E-state index in [9.17, 15) is 18.0 Å². The lowest BCUT2D eigenvalue weighted by atomic mass is 9.94. The normalized spacial score (nSPS) is 27.2. The maximum absolute atomic E-state index is 13.3. The molecule has 28 heavy (non-hydrogen) atoms. The standard InChI is InChI=1S/C20H25NO6S/c1-4-27-18(22)9-10-20-12-15(20)11-17(19(23)26-3)21(13-20)28(24,25)16-7-5-14(2)6-8-16/h5-10,15,17H,4,11-13H2,1-3H3/b10-9+/t15-,17+,20-/m1/s1. The Labute approximate surface area is 165 Å². The summed E-state index contributed by atoms with van der Waals surface area (Å²) in [4.78, 5) is 24.1. The summed E-state index contributed by atoms with van der Waals surface area (Å²) in [5.74, 6) is -0.886. The van der Waals surface area contributed by atoms with Crippen molar-refractivity contribution >= 4 is 22.0 Å². The lowest BCUT2D eigenvalue weighted by molar-refractivity contribution is -0.146. The molecule has 1 saturated heterocycles. The van der Waals surface area contributed by atoms with Gasteiger partial charge in [0, 0.05) is 18.0 Å². The summed E-state index contributed by atoms with van der Waals surface area (Å²) in [6, 6.07) is 5.66. The number of sulfonamides is 1. The van der Waals surface area contributed by atoms with Gasteiger partial charge in [-0.05, 0) is 44.7 Å². The predicted molar refractivity (Wildman–Crippen MR) is 102 cm³/mol. The lowest BCUT2D eigenvalue weighted by Crippen LogP contribution is -2.51. The van der Waals surface area contributed by atoms with Crippen LogP contribution in [0, 0.1) is 18.3 Å². The number of ether oxygens (including phenoxy) is 2.